The zero-order valence-corrected chi connectivity index (χ0v) is 10.5. The average molecular weight is 265 g/mol. The van der Waals surface area contributed by atoms with Gasteiger partial charge in [0.15, 0.2) is 5.82 Å². The monoisotopic (exact) mass is 265 g/mol. The van der Waals surface area contributed by atoms with Gasteiger partial charge < -0.3 is 5.11 Å². The standard InChI is InChI=1S/C15H11N3O2/c19-15(20)13-9-5-4-8-12(13)14-17-16-10-18(14)11-6-2-1-3-7-11/h1-10H,(H,19,20). The summed E-state index contributed by atoms with van der Waals surface area (Å²) in [4.78, 5) is 11.3. The summed E-state index contributed by atoms with van der Waals surface area (Å²) in [5, 5.41) is 17.2. The number of carboxylic acids is 1. The highest BCUT2D eigenvalue weighted by Gasteiger charge is 2.16. The minimum absolute atomic E-state index is 0.206. The quantitative estimate of drug-likeness (QED) is 0.790. The minimum atomic E-state index is -0.983. The van der Waals surface area contributed by atoms with Crippen LogP contribution in [0.1, 0.15) is 10.4 Å². The molecule has 0 saturated heterocycles. The number of aromatic carboxylic acids is 1. The summed E-state index contributed by atoms with van der Waals surface area (Å²) in [6, 6.07) is 16.3. The lowest BCUT2D eigenvalue weighted by Gasteiger charge is -2.08. The molecule has 0 radical (unpaired) electrons. The Morgan fingerprint density at radius 3 is 2.45 bits per heavy atom. The van der Waals surface area contributed by atoms with Gasteiger partial charge in [0.25, 0.3) is 0 Å². The summed E-state index contributed by atoms with van der Waals surface area (Å²) < 4.78 is 1.77. The van der Waals surface area contributed by atoms with Crippen LogP contribution in [0.5, 0.6) is 0 Å². The molecule has 1 heterocycles. The highest BCUT2D eigenvalue weighted by molar-refractivity contribution is 5.95. The summed E-state index contributed by atoms with van der Waals surface area (Å²) in [5.74, 6) is -0.475. The zero-order valence-electron chi connectivity index (χ0n) is 10.5. The maximum absolute atomic E-state index is 11.3. The van der Waals surface area contributed by atoms with E-state index in [0.717, 1.165) is 5.69 Å². The molecule has 0 spiro atoms. The van der Waals surface area contributed by atoms with Gasteiger partial charge in [-0.1, -0.05) is 36.4 Å². The van der Waals surface area contributed by atoms with Crippen LogP contribution in [0.3, 0.4) is 0 Å². The maximum Gasteiger partial charge on any atom is 0.336 e. The molecule has 0 aliphatic heterocycles. The minimum Gasteiger partial charge on any atom is -0.478 e. The van der Waals surface area contributed by atoms with E-state index >= 15 is 0 Å². The smallest absolute Gasteiger partial charge is 0.336 e. The molecule has 5 nitrogen and oxygen atoms in total. The second-order valence-corrected chi connectivity index (χ2v) is 4.21. The van der Waals surface area contributed by atoms with Crippen LogP contribution in [0.25, 0.3) is 17.1 Å². The van der Waals surface area contributed by atoms with E-state index < -0.39 is 5.97 Å². The maximum atomic E-state index is 11.3. The Labute approximate surface area is 115 Å². The van der Waals surface area contributed by atoms with E-state index in [4.69, 9.17) is 0 Å². The third-order valence-corrected chi connectivity index (χ3v) is 2.98. The highest BCUT2D eigenvalue weighted by atomic mass is 16.4. The first-order valence-corrected chi connectivity index (χ1v) is 6.05. The normalized spacial score (nSPS) is 10.4. The molecule has 0 fully saturated rings. The van der Waals surface area contributed by atoms with Gasteiger partial charge in [0.2, 0.25) is 0 Å². The number of aromatic nitrogens is 3. The first-order chi connectivity index (χ1) is 9.77. The Morgan fingerprint density at radius 2 is 1.70 bits per heavy atom. The molecule has 0 atom stereocenters. The van der Waals surface area contributed by atoms with Gasteiger partial charge >= 0.3 is 5.97 Å². The third-order valence-electron chi connectivity index (χ3n) is 2.98. The van der Waals surface area contributed by atoms with Crippen LogP contribution in [-0.2, 0) is 0 Å². The summed E-state index contributed by atoms with van der Waals surface area (Å²) in [7, 11) is 0. The number of rotatable bonds is 3. The molecule has 0 amide bonds. The van der Waals surface area contributed by atoms with Gasteiger partial charge in [0.1, 0.15) is 6.33 Å². The summed E-state index contributed by atoms with van der Waals surface area (Å²) in [6.07, 6.45) is 1.57. The molecule has 20 heavy (non-hydrogen) atoms. The van der Waals surface area contributed by atoms with Gasteiger partial charge in [-0.05, 0) is 18.2 Å². The number of hydrogen-bond acceptors (Lipinski definition) is 3. The van der Waals surface area contributed by atoms with E-state index in [1.54, 1.807) is 35.2 Å². The summed E-state index contributed by atoms with van der Waals surface area (Å²) in [5.41, 5.74) is 1.63. The van der Waals surface area contributed by atoms with Gasteiger partial charge in [-0.3, -0.25) is 4.57 Å². The lowest BCUT2D eigenvalue weighted by Crippen LogP contribution is -2.03. The SMILES string of the molecule is O=C(O)c1ccccc1-c1nncn1-c1ccccc1. The molecule has 0 saturated carbocycles. The molecule has 1 N–H and O–H groups in total. The first-order valence-electron chi connectivity index (χ1n) is 6.05. The van der Waals surface area contributed by atoms with Gasteiger partial charge in [-0.25, -0.2) is 4.79 Å². The fourth-order valence-corrected chi connectivity index (χ4v) is 2.06. The number of para-hydroxylation sites is 1. The van der Waals surface area contributed by atoms with Gasteiger partial charge in [-0.2, -0.15) is 0 Å². The lowest BCUT2D eigenvalue weighted by atomic mass is 10.1. The molecule has 2 aromatic carbocycles. The Morgan fingerprint density at radius 1 is 1.00 bits per heavy atom. The van der Waals surface area contributed by atoms with Crippen molar-refractivity contribution in [2.45, 2.75) is 0 Å². The number of carbonyl (C=O) groups is 1. The topological polar surface area (TPSA) is 68.0 Å². The van der Waals surface area contributed by atoms with E-state index in [9.17, 15) is 9.90 Å². The highest BCUT2D eigenvalue weighted by Crippen LogP contribution is 2.24. The van der Waals surface area contributed by atoms with Crippen LogP contribution in [0.4, 0.5) is 0 Å². The summed E-state index contributed by atoms with van der Waals surface area (Å²) in [6.45, 7) is 0. The molecule has 0 aliphatic rings. The molecular formula is C15H11N3O2. The fourth-order valence-electron chi connectivity index (χ4n) is 2.06. The molecule has 5 heteroatoms. The number of nitrogens with zero attached hydrogens (tertiary/aromatic N) is 3. The van der Waals surface area contributed by atoms with E-state index in [1.807, 2.05) is 30.3 Å². The van der Waals surface area contributed by atoms with Crippen molar-refractivity contribution in [3.8, 4) is 17.1 Å². The first kappa shape index (κ1) is 12.1. The van der Waals surface area contributed by atoms with Crippen LogP contribution >= 0.6 is 0 Å². The Hall–Kier alpha value is -2.95. The van der Waals surface area contributed by atoms with Crippen molar-refractivity contribution in [2.24, 2.45) is 0 Å². The Bertz CT molecular complexity index is 751. The van der Waals surface area contributed by atoms with Gasteiger partial charge in [0.05, 0.1) is 5.56 Å². The van der Waals surface area contributed by atoms with Crippen molar-refractivity contribution < 1.29 is 9.90 Å². The van der Waals surface area contributed by atoms with Crippen LogP contribution in [-0.4, -0.2) is 25.8 Å². The van der Waals surface area contributed by atoms with Crippen molar-refractivity contribution >= 4 is 5.97 Å². The number of carboxylic acid groups (broad SMARTS) is 1. The predicted molar refractivity (Wildman–Crippen MR) is 73.8 cm³/mol. The van der Waals surface area contributed by atoms with Crippen LogP contribution in [0.15, 0.2) is 60.9 Å². The molecule has 0 unspecified atom stereocenters. The Kier molecular flexibility index (Phi) is 3.01. The predicted octanol–water partition coefficient (Wildman–Crippen LogP) is 2.63. The molecule has 0 aliphatic carbocycles. The molecule has 98 valence electrons. The van der Waals surface area contributed by atoms with Crippen LogP contribution < -0.4 is 0 Å². The van der Waals surface area contributed by atoms with E-state index in [0.29, 0.717) is 11.4 Å². The fraction of sp³-hybridized carbons (Fsp3) is 0. The third kappa shape index (κ3) is 2.05. The molecule has 0 bridgehead atoms. The van der Waals surface area contributed by atoms with Gasteiger partial charge in [-0.15, -0.1) is 10.2 Å². The molecule has 3 rings (SSSR count). The number of benzene rings is 2. The van der Waals surface area contributed by atoms with Crippen LogP contribution in [0.2, 0.25) is 0 Å². The Balaban J connectivity index is 2.18. The van der Waals surface area contributed by atoms with Gasteiger partial charge in [0, 0.05) is 11.3 Å². The molecule has 1 aromatic heterocycles. The van der Waals surface area contributed by atoms with Crippen molar-refractivity contribution in [3.05, 3.63) is 66.5 Å². The largest absolute Gasteiger partial charge is 0.478 e. The van der Waals surface area contributed by atoms with Crippen molar-refractivity contribution in [2.75, 3.05) is 0 Å². The lowest BCUT2D eigenvalue weighted by molar-refractivity contribution is 0.0697. The van der Waals surface area contributed by atoms with E-state index in [1.165, 1.54) is 0 Å². The second-order valence-electron chi connectivity index (χ2n) is 4.21. The van der Waals surface area contributed by atoms with Crippen molar-refractivity contribution in [1.82, 2.24) is 14.8 Å². The number of hydrogen-bond donors (Lipinski definition) is 1. The average Bonchev–Trinajstić information content (AvgIpc) is 2.97. The van der Waals surface area contributed by atoms with Crippen molar-refractivity contribution in [1.29, 1.82) is 0 Å². The molecule has 3 aromatic rings. The zero-order chi connectivity index (χ0) is 13.9. The van der Waals surface area contributed by atoms with Crippen LogP contribution in [0, 0.1) is 0 Å². The molecular weight excluding hydrogens is 254 g/mol. The van der Waals surface area contributed by atoms with Crippen molar-refractivity contribution in [3.63, 3.8) is 0 Å². The second kappa shape index (κ2) is 4.97. The van der Waals surface area contributed by atoms with E-state index in [-0.39, 0.29) is 5.56 Å². The van der Waals surface area contributed by atoms with E-state index in [2.05, 4.69) is 10.2 Å². The summed E-state index contributed by atoms with van der Waals surface area (Å²) >= 11 is 0.